The number of anilines is 1. The van der Waals surface area contributed by atoms with Crippen molar-refractivity contribution in [3.63, 3.8) is 0 Å². The number of hydrogen-bond acceptors (Lipinski definition) is 5. The van der Waals surface area contributed by atoms with E-state index < -0.39 is 11.9 Å². The van der Waals surface area contributed by atoms with Crippen molar-refractivity contribution in [2.75, 3.05) is 26.5 Å². The van der Waals surface area contributed by atoms with Crippen molar-refractivity contribution in [2.24, 2.45) is 5.92 Å². The van der Waals surface area contributed by atoms with Crippen molar-refractivity contribution >= 4 is 29.1 Å². The summed E-state index contributed by atoms with van der Waals surface area (Å²) < 4.78 is 12.8. The number of fused-ring (bicyclic) bond motifs is 1. The molecule has 4 rings (SSSR count). The molecule has 3 amide bonds. The number of rotatable bonds is 4. The van der Waals surface area contributed by atoms with Crippen LogP contribution in [0.25, 0.3) is 5.57 Å². The predicted octanol–water partition coefficient (Wildman–Crippen LogP) is 3.37. The summed E-state index contributed by atoms with van der Waals surface area (Å²) in [5, 5.41) is 3.34. The number of benzene rings is 2. The van der Waals surface area contributed by atoms with E-state index in [2.05, 4.69) is 11.4 Å². The summed E-state index contributed by atoms with van der Waals surface area (Å²) in [6.07, 6.45) is 0. The highest BCUT2D eigenvalue weighted by Gasteiger charge is 2.53. The number of amides is 3. The van der Waals surface area contributed by atoms with Gasteiger partial charge in [-0.3, -0.25) is 0 Å². The van der Waals surface area contributed by atoms with Crippen LogP contribution in [0.2, 0.25) is 0 Å². The second-order valence-corrected chi connectivity index (χ2v) is 7.53. The highest BCUT2D eigenvalue weighted by molar-refractivity contribution is 6.18. The summed E-state index contributed by atoms with van der Waals surface area (Å²) in [6.45, 7) is 4.04. The third-order valence-corrected chi connectivity index (χ3v) is 5.48. The van der Waals surface area contributed by atoms with Crippen LogP contribution in [0, 0.1) is 19.8 Å². The largest absolute Gasteiger partial charge is 0.502 e. The van der Waals surface area contributed by atoms with Crippen LogP contribution in [0.3, 0.4) is 0 Å². The maximum Gasteiger partial charge on any atom is 0.502 e. The summed E-state index contributed by atoms with van der Waals surface area (Å²) in [6, 6.07) is 13.1. The number of imide groups is 1. The Labute approximate surface area is 175 Å². The minimum atomic E-state index is -0.724. The van der Waals surface area contributed by atoms with E-state index >= 15 is 0 Å². The number of urea groups is 1. The normalized spacial score (nSPS) is 18.6. The molecule has 1 N–H and O–H groups in total. The molecule has 154 valence electrons. The molecule has 2 aromatic rings. The number of nitrogens with zero attached hydrogens (tertiary/aromatic N) is 2. The van der Waals surface area contributed by atoms with Gasteiger partial charge in [-0.2, -0.15) is 14.3 Å². The van der Waals surface area contributed by atoms with Crippen LogP contribution >= 0.6 is 0 Å². The molecule has 2 aliphatic heterocycles. The summed E-state index contributed by atoms with van der Waals surface area (Å²) >= 11 is 0. The number of ether oxygens (including phenoxy) is 2. The molecule has 0 saturated heterocycles. The van der Waals surface area contributed by atoms with Gasteiger partial charge < -0.3 is 14.8 Å². The molecule has 1 unspecified atom stereocenters. The molecule has 0 fully saturated rings. The lowest BCUT2D eigenvalue weighted by atomic mass is 9.91. The van der Waals surface area contributed by atoms with E-state index in [1.54, 1.807) is 14.2 Å². The summed E-state index contributed by atoms with van der Waals surface area (Å²) in [4.78, 5) is 26.7. The van der Waals surface area contributed by atoms with Crippen molar-refractivity contribution in [3.05, 3.63) is 65.0 Å². The Morgan fingerprint density at radius 1 is 1.13 bits per heavy atom. The molecular weight excluding hydrogens is 382 g/mol. The van der Waals surface area contributed by atoms with Crippen LogP contribution in [-0.2, 0) is 9.53 Å². The first kappa shape index (κ1) is 19.7. The molecular formula is C23H24N3O4+. The maximum atomic E-state index is 13.1. The minimum Gasteiger partial charge on any atom is -0.497 e. The first-order valence-corrected chi connectivity index (χ1v) is 9.64. The van der Waals surface area contributed by atoms with Gasteiger partial charge in [-0.25, -0.2) is 4.79 Å². The van der Waals surface area contributed by atoms with Gasteiger partial charge in [0.15, 0.2) is 5.92 Å². The molecule has 1 atom stereocenters. The van der Waals surface area contributed by atoms with E-state index in [4.69, 9.17) is 9.47 Å². The number of carbonyl (C=O) groups is 2. The van der Waals surface area contributed by atoms with E-state index in [-0.39, 0.29) is 5.91 Å². The number of aryl methyl sites for hydroxylation is 2. The molecule has 2 aromatic carbocycles. The van der Waals surface area contributed by atoms with Gasteiger partial charge in [-0.05, 0) is 43.2 Å². The van der Waals surface area contributed by atoms with Crippen LogP contribution in [-0.4, -0.2) is 48.5 Å². The van der Waals surface area contributed by atoms with E-state index in [1.165, 1.54) is 11.6 Å². The molecule has 0 bridgehead atoms. The van der Waals surface area contributed by atoms with Crippen LogP contribution in [0.5, 0.6) is 5.75 Å². The van der Waals surface area contributed by atoms with Crippen LogP contribution in [0.4, 0.5) is 10.5 Å². The Morgan fingerprint density at radius 2 is 1.90 bits per heavy atom. The number of methoxy groups -OCH3 is 1. The lowest BCUT2D eigenvalue weighted by molar-refractivity contribution is -0.415. The topological polar surface area (TPSA) is 70.9 Å². The molecule has 0 saturated carbocycles. The van der Waals surface area contributed by atoms with Crippen molar-refractivity contribution in [2.45, 2.75) is 13.8 Å². The zero-order chi connectivity index (χ0) is 21.6. The van der Waals surface area contributed by atoms with Gasteiger partial charge in [0.25, 0.3) is 5.90 Å². The number of hydrogen-bond donors (Lipinski definition) is 1. The maximum absolute atomic E-state index is 13.1. The second-order valence-electron chi connectivity index (χ2n) is 7.53. The quantitative estimate of drug-likeness (QED) is 0.789. The summed E-state index contributed by atoms with van der Waals surface area (Å²) in [5.74, 6) is 0.341. The highest BCUT2D eigenvalue weighted by Crippen LogP contribution is 2.40. The van der Waals surface area contributed by atoms with Gasteiger partial charge in [-0.1, -0.05) is 29.8 Å². The van der Waals surface area contributed by atoms with Crippen LogP contribution < -0.4 is 10.1 Å². The van der Waals surface area contributed by atoms with E-state index in [1.807, 2.05) is 50.2 Å². The zero-order valence-electron chi connectivity index (χ0n) is 17.6. The van der Waals surface area contributed by atoms with Crippen molar-refractivity contribution in [1.29, 1.82) is 0 Å². The molecule has 30 heavy (non-hydrogen) atoms. The third-order valence-electron chi connectivity index (χ3n) is 5.48. The number of nitrogens with one attached hydrogen (secondary N) is 1. The molecule has 2 heterocycles. The Kier molecular flexibility index (Phi) is 4.81. The zero-order valence-corrected chi connectivity index (χ0v) is 17.6. The van der Waals surface area contributed by atoms with Gasteiger partial charge in [0.05, 0.1) is 21.2 Å². The summed E-state index contributed by atoms with van der Waals surface area (Å²) in [7, 11) is 4.69. The molecule has 2 aliphatic rings. The van der Waals surface area contributed by atoms with Crippen molar-refractivity contribution in [1.82, 2.24) is 4.90 Å². The predicted molar refractivity (Wildman–Crippen MR) is 113 cm³/mol. The average Bonchev–Trinajstić information content (AvgIpc) is 3.12. The first-order chi connectivity index (χ1) is 14.3. The monoisotopic (exact) mass is 406 g/mol. The standard InChI is InChI=1S/C23H24N3O4/c1-13-9-10-17(14(2)11-13)24-20-18(15-7-6-8-16(12-15)29-5)19-21(27)25(3)23(28)26(4)22(19)30-20/h6-12,19,24H,1-5H3/q+1. The molecule has 0 radical (unpaired) electrons. The average molecular weight is 406 g/mol. The SMILES string of the molecule is COc1cccc(C2=C(Nc3ccc(C)cc3C)OC3=[N+](C)C(=O)N(C)C(=O)C23)c1. The third kappa shape index (κ3) is 3.12. The van der Waals surface area contributed by atoms with Gasteiger partial charge >= 0.3 is 11.9 Å². The van der Waals surface area contributed by atoms with Crippen molar-refractivity contribution < 1.29 is 23.6 Å². The Hall–Kier alpha value is -3.61. The van der Waals surface area contributed by atoms with E-state index in [0.717, 1.165) is 27.3 Å². The Bertz CT molecular complexity index is 1130. The lowest BCUT2D eigenvalue weighted by Crippen LogP contribution is -2.51. The van der Waals surface area contributed by atoms with E-state index in [9.17, 15) is 9.59 Å². The number of carbonyl (C=O) groups excluding carboxylic acids is 2. The van der Waals surface area contributed by atoms with Crippen LogP contribution in [0.1, 0.15) is 16.7 Å². The van der Waals surface area contributed by atoms with Crippen molar-refractivity contribution in [3.8, 4) is 5.75 Å². The first-order valence-electron chi connectivity index (χ1n) is 9.64. The molecule has 0 aromatic heterocycles. The summed E-state index contributed by atoms with van der Waals surface area (Å²) in [5.41, 5.74) is 4.51. The van der Waals surface area contributed by atoms with E-state index in [0.29, 0.717) is 23.1 Å². The molecule has 0 aliphatic carbocycles. The fourth-order valence-electron chi connectivity index (χ4n) is 3.83. The highest BCUT2D eigenvalue weighted by atomic mass is 16.5. The van der Waals surface area contributed by atoms with Crippen LogP contribution in [0.15, 0.2) is 48.3 Å². The lowest BCUT2D eigenvalue weighted by Gasteiger charge is -2.20. The fourth-order valence-corrected chi connectivity index (χ4v) is 3.83. The van der Waals surface area contributed by atoms with Gasteiger partial charge in [0.2, 0.25) is 5.88 Å². The van der Waals surface area contributed by atoms with Gasteiger partial charge in [0, 0.05) is 11.3 Å². The Morgan fingerprint density at radius 3 is 2.60 bits per heavy atom. The molecule has 7 heteroatoms. The minimum absolute atomic E-state index is 0.299. The van der Waals surface area contributed by atoms with Gasteiger partial charge in [-0.15, -0.1) is 0 Å². The second kappa shape index (κ2) is 7.33. The smallest absolute Gasteiger partial charge is 0.497 e. The molecule has 7 nitrogen and oxygen atoms in total. The Balaban J connectivity index is 1.89. The molecule has 0 spiro atoms. The van der Waals surface area contributed by atoms with Gasteiger partial charge in [0.1, 0.15) is 5.75 Å². The fraction of sp³-hybridized carbons (Fsp3) is 0.261.